The van der Waals surface area contributed by atoms with Crippen LogP contribution in [0.2, 0.25) is 25.7 Å². The maximum absolute atomic E-state index is 12.1. The number of carbonyl (C=O) groups excluding carboxylic acids is 1. The summed E-state index contributed by atoms with van der Waals surface area (Å²) in [5, 5.41) is 9.62. The lowest BCUT2D eigenvalue weighted by Crippen LogP contribution is -2.22. The van der Waals surface area contributed by atoms with Crippen LogP contribution in [0.1, 0.15) is 17.3 Å². The molecule has 0 fully saturated rings. The maximum atomic E-state index is 12.1. The van der Waals surface area contributed by atoms with Gasteiger partial charge in [-0.3, -0.25) is 4.79 Å². The fourth-order valence-corrected chi connectivity index (χ4v) is 3.39. The number of ether oxygens (including phenoxy) is 1. The highest BCUT2D eigenvalue weighted by molar-refractivity contribution is 6.76. The summed E-state index contributed by atoms with van der Waals surface area (Å²) in [4.78, 5) is 12.1. The zero-order valence-electron chi connectivity index (χ0n) is 15.2. The molecule has 6 nitrogen and oxygen atoms in total. The zero-order chi connectivity index (χ0) is 18.0. The Morgan fingerprint density at radius 3 is 2.68 bits per heavy atom. The maximum Gasteiger partial charge on any atom is 0.162 e. The summed E-state index contributed by atoms with van der Waals surface area (Å²) in [6, 6.07) is 6.78. The summed E-state index contributed by atoms with van der Waals surface area (Å²) >= 11 is 0. The average Bonchev–Trinajstić information content (AvgIpc) is 3.19. The van der Waals surface area contributed by atoms with Crippen LogP contribution in [0.3, 0.4) is 0 Å². The first-order valence-electron chi connectivity index (χ1n) is 8.43. The monoisotopic (exact) mass is 356 g/mol. The number of hydrogen-bond acceptors (Lipinski definition) is 4. The van der Waals surface area contributed by atoms with Gasteiger partial charge in [-0.25, -0.2) is 9.36 Å². The predicted octanol–water partition coefficient (Wildman–Crippen LogP) is 3.74. The smallest absolute Gasteiger partial charge is 0.162 e. The van der Waals surface area contributed by atoms with Crippen molar-refractivity contribution in [3.63, 3.8) is 0 Å². The van der Waals surface area contributed by atoms with E-state index in [9.17, 15) is 4.79 Å². The minimum absolute atomic E-state index is 0.000184. The van der Waals surface area contributed by atoms with Crippen LogP contribution >= 0.6 is 0 Å². The van der Waals surface area contributed by atoms with E-state index < -0.39 is 8.07 Å². The summed E-state index contributed by atoms with van der Waals surface area (Å²) in [5.41, 5.74) is 2.29. The molecule has 0 aliphatic heterocycles. The molecular formula is C18H24N4O2Si. The molecule has 0 amide bonds. The van der Waals surface area contributed by atoms with Gasteiger partial charge in [0.15, 0.2) is 5.78 Å². The third-order valence-corrected chi connectivity index (χ3v) is 5.80. The minimum Gasteiger partial charge on any atom is -0.360 e. The molecule has 0 radical (unpaired) electrons. The van der Waals surface area contributed by atoms with Crippen molar-refractivity contribution in [2.45, 2.75) is 39.3 Å². The first-order chi connectivity index (χ1) is 11.8. The van der Waals surface area contributed by atoms with Gasteiger partial charge in [0.2, 0.25) is 0 Å². The van der Waals surface area contributed by atoms with E-state index in [1.54, 1.807) is 28.7 Å². The van der Waals surface area contributed by atoms with E-state index in [2.05, 4.69) is 29.8 Å². The molecule has 1 aromatic carbocycles. The third kappa shape index (κ3) is 4.05. The Morgan fingerprint density at radius 2 is 2.04 bits per heavy atom. The molecule has 3 rings (SSSR count). The molecule has 2 heterocycles. The second-order valence-electron chi connectivity index (χ2n) is 7.43. The number of carbonyl (C=O) groups is 1. The van der Waals surface area contributed by atoms with Crippen LogP contribution in [0, 0.1) is 0 Å². The Bertz CT molecular complexity index is 878. The predicted molar refractivity (Wildman–Crippen MR) is 101 cm³/mol. The second-order valence-corrected chi connectivity index (χ2v) is 13.0. The molecule has 0 saturated heterocycles. The fraction of sp³-hybridized carbons (Fsp3) is 0.389. The first kappa shape index (κ1) is 17.6. The van der Waals surface area contributed by atoms with Crippen molar-refractivity contribution in [2.24, 2.45) is 0 Å². The number of aromatic nitrogens is 4. The van der Waals surface area contributed by atoms with E-state index in [4.69, 9.17) is 4.74 Å². The number of Topliss-reactive ketones (excluding diaryl/α,β-unsaturated/α-hetero) is 1. The first-order valence-corrected chi connectivity index (χ1v) is 12.1. The number of rotatable bonds is 7. The van der Waals surface area contributed by atoms with Crippen molar-refractivity contribution in [1.29, 1.82) is 0 Å². The number of fused-ring (bicyclic) bond motifs is 1. The van der Waals surface area contributed by atoms with Crippen LogP contribution in [-0.4, -0.2) is 40.0 Å². The SMILES string of the molecule is CC(=O)c1cc2c(cnn2COCC[Si](C)(C)C)cc1-n1cccn1. The van der Waals surface area contributed by atoms with E-state index in [1.807, 2.05) is 24.4 Å². The normalized spacial score (nSPS) is 12.0. The third-order valence-electron chi connectivity index (χ3n) is 4.10. The van der Waals surface area contributed by atoms with Crippen LogP contribution in [0.4, 0.5) is 0 Å². The highest BCUT2D eigenvalue weighted by atomic mass is 28.3. The van der Waals surface area contributed by atoms with Gasteiger partial charge in [-0.2, -0.15) is 10.2 Å². The topological polar surface area (TPSA) is 61.9 Å². The van der Waals surface area contributed by atoms with Gasteiger partial charge < -0.3 is 4.74 Å². The standard InChI is InChI=1S/C18H24N4O2Si/c1-14(23)16-11-17-15(10-18(16)21-7-5-6-19-21)12-20-22(17)13-24-8-9-25(2,3)4/h5-7,10-12H,8-9,13H2,1-4H3. The lowest BCUT2D eigenvalue weighted by Gasteiger charge is -2.15. The highest BCUT2D eigenvalue weighted by Gasteiger charge is 2.15. The van der Waals surface area contributed by atoms with Gasteiger partial charge in [-0.1, -0.05) is 19.6 Å². The fourth-order valence-electron chi connectivity index (χ4n) is 2.63. The molecule has 3 aromatic rings. The van der Waals surface area contributed by atoms with E-state index in [0.717, 1.165) is 29.2 Å². The molecule has 0 aliphatic carbocycles. The molecule has 132 valence electrons. The van der Waals surface area contributed by atoms with Gasteiger partial charge in [0.05, 0.1) is 17.4 Å². The lowest BCUT2D eigenvalue weighted by molar-refractivity contribution is 0.0816. The van der Waals surface area contributed by atoms with Crippen LogP contribution < -0.4 is 0 Å². The number of nitrogens with zero attached hydrogens (tertiary/aromatic N) is 4. The van der Waals surface area contributed by atoms with E-state index in [1.165, 1.54) is 0 Å². The van der Waals surface area contributed by atoms with Gasteiger partial charge in [-0.05, 0) is 31.2 Å². The van der Waals surface area contributed by atoms with Crippen LogP contribution in [0.25, 0.3) is 16.6 Å². The Hall–Kier alpha value is -2.25. The molecule has 7 heteroatoms. The van der Waals surface area contributed by atoms with Crippen molar-refractivity contribution in [3.05, 3.63) is 42.4 Å². The van der Waals surface area contributed by atoms with Crippen molar-refractivity contribution in [1.82, 2.24) is 19.6 Å². The van der Waals surface area contributed by atoms with Crippen LogP contribution in [0.5, 0.6) is 0 Å². The Kier molecular flexibility index (Phi) is 4.87. The van der Waals surface area contributed by atoms with E-state index in [-0.39, 0.29) is 5.78 Å². The van der Waals surface area contributed by atoms with Gasteiger partial charge >= 0.3 is 0 Å². The van der Waals surface area contributed by atoms with E-state index in [0.29, 0.717) is 12.3 Å². The highest BCUT2D eigenvalue weighted by Crippen LogP contribution is 2.23. The van der Waals surface area contributed by atoms with E-state index >= 15 is 0 Å². The lowest BCUT2D eigenvalue weighted by atomic mass is 10.1. The Balaban J connectivity index is 1.88. The van der Waals surface area contributed by atoms with Gasteiger partial charge in [0.1, 0.15) is 6.73 Å². The summed E-state index contributed by atoms with van der Waals surface area (Å²) in [5.74, 6) is -0.000184. The minimum atomic E-state index is -1.10. The van der Waals surface area contributed by atoms with Crippen molar-refractivity contribution in [2.75, 3.05) is 6.61 Å². The summed E-state index contributed by atoms with van der Waals surface area (Å²) in [6.45, 7) is 9.69. The van der Waals surface area contributed by atoms with Crippen LogP contribution in [0.15, 0.2) is 36.8 Å². The molecule has 0 aliphatic rings. The summed E-state index contributed by atoms with van der Waals surface area (Å²) in [7, 11) is -1.10. The zero-order valence-corrected chi connectivity index (χ0v) is 16.2. The van der Waals surface area contributed by atoms with Crippen molar-refractivity contribution >= 4 is 24.8 Å². The molecule has 0 bridgehead atoms. The van der Waals surface area contributed by atoms with Crippen LogP contribution in [-0.2, 0) is 11.5 Å². The van der Waals surface area contributed by atoms with Gasteiger partial charge in [0, 0.05) is 38.0 Å². The van der Waals surface area contributed by atoms with Crippen molar-refractivity contribution < 1.29 is 9.53 Å². The summed E-state index contributed by atoms with van der Waals surface area (Å²) in [6.07, 6.45) is 5.33. The van der Waals surface area contributed by atoms with Gasteiger partial charge in [-0.15, -0.1) is 0 Å². The van der Waals surface area contributed by atoms with Crippen molar-refractivity contribution in [3.8, 4) is 5.69 Å². The average molecular weight is 357 g/mol. The van der Waals surface area contributed by atoms with Gasteiger partial charge in [0.25, 0.3) is 0 Å². The molecule has 2 aromatic heterocycles. The number of hydrogen-bond donors (Lipinski definition) is 0. The molecule has 0 atom stereocenters. The quantitative estimate of drug-likeness (QED) is 0.367. The second kappa shape index (κ2) is 6.93. The molecular weight excluding hydrogens is 332 g/mol. The number of benzene rings is 1. The summed E-state index contributed by atoms with van der Waals surface area (Å²) < 4.78 is 9.31. The molecule has 0 saturated carbocycles. The Labute approximate surface area is 148 Å². The molecule has 0 spiro atoms. The molecule has 25 heavy (non-hydrogen) atoms. The molecule has 0 N–H and O–H groups in total. The largest absolute Gasteiger partial charge is 0.360 e. The molecule has 0 unspecified atom stereocenters. The Morgan fingerprint density at radius 1 is 1.24 bits per heavy atom. The number of ketones is 1.